The van der Waals surface area contributed by atoms with E-state index in [2.05, 4.69) is 38.2 Å². The summed E-state index contributed by atoms with van der Waals surface area (Å²) in [6.45, 7) is 4.62. The van der Waals surface area contributed by atoms with Gasteiger partial charge in [0.05, 0.1) is 0 Å². The van der Waals surface area contributed by atoms with Gasteiger partial charge in [0, 0.05) is 0 Å². The molecule has 4 unspecified atom stereocenters. The SMILES string of the molecule is CCC=CCC(C)CC1CC2C=CC1C2. The predicted octanol–water partition coefficient (Wildman–Crippen LogP) is 4.58. The van der Waals surface area contributed by atoms with Gasteiger partial charge in [-0.1, -0.05) is 38.2 Å². The second kappa shape index (κ2) is 5.01. The van der Waals surface area contributed by atoms with Crippen molar-refractivity contribution in [2.24, 2.45) is 23.7 Å². The summed E-state index contributed by atoms with van der Waals surface area (Å²) in [7, 11) is 0. The van der Waals surface area contributed by atoms with Crippen LogP contribution in [0.15, 0.2) is 24.3 Å². The molecule has 0 heteroatoms. The summed E-state index contributed by atoms with van der Waals surface area (Å²) in [4.78, 5) is 0. The minimum absolute atomic E-state index is 0.880. The minimum atomic E-state index is 0.880. The summed E-state index contributed by atoms with van der Waals surface area (Å²) in [5.41, 5.74) is 0. The molecule has 2 rings (SSSR count). The zero-order valence-corrected chi connectivity index (χ0v) is 10.2. The topological polar surface area (TPSA) is 0 Å². The smallest absolute Gasteiger partial charge is 0.0199 e. The number of allylic oxidation sites excluding steroid dienone is 4. The molecule has 0 aromatic rings. The van der Waals surface area contributed by atoms with Gasteiger partial charge >= 0.3 is 0 Å². The zero-order chi connectivity index (χ0) is 10.7. The lowest BCUT2D eigenvalue weighted by atomic mass is 9.84. The Morgan fingerprint density at radius 1 is 1.27 bits per heavy atom. The highest BCUT2D eigenvalue weighted by atomic mass is 14.4. The highest BCUT2D eigenvalue weighted by molar-refractivity contribution is 5.10. The van der Waals surface area contributed by atoms with Crippen LogP contribution >= 0.6 is 0 Å². The van der Waals surface area contributed by atoms with Crippen molar-refractivity contribution in [2.45, 2.75) is 46.0 Å². The van der Waals surface area contributed by atoms with E-state index in [0.717, 1.165) is 23.7 Å². The molecule has 4 atom stereocenters. The van der Waals surface area contributed by atoms with Crippen LogP contribution in [0.4, 0.5) is 0 Å². The van der Waals surface area contributed by atoms with Crippen LogP contribution in [0.1, 0.15) is 46.0 Å². The average molecular weight is 204 g/mol. The number of fused-ring (bicyclic) bond motifs is 2. The van der Waals surface area contributed by atoms with E-state index in [-0.39, 0.29) is 0 Å². The Morgan fingerprint density at radius 3 is 2.73 bits per heavy atom. The van der Waals surface area contributed by atoms with Crippen LogP contribution in [-0.4, -0.2) is 0 Å². The fourth-order valence-electron chi connectivity index (χ4n) is 3.27. The van der Waals surface area contributed by atoms with E-state index in [0.29, 0.717) is 0 Å². The largest absolute Gasteiger partial charge is 0.0888 e. The fourth-order valence-corrected chi connectivity index (χ4v) is 3.27. The van der Waals surface area contributed by atoms with E-state index in [1.165, 1.54) is 32.1 Å². The van der Waals surface area contributed by atoms with Crippen molar-refractivity contribution in [3.05, 3.63) is 24.3 Å². The van der Waals surface area contributed by atoms with Crippen molar-refractivity contribution in [1.29, 1.82) is 0 Å². The standard InChI is InChI=1S/C15H24/c1-3-4-5-6-12(2)9-15-11-13-7-8-14(15)10-13/h4-5,7-8,12-15H,3,6,9-11H2,1-2H3. The first kappa shape index (κ1) is 11.0. The van der Waals surface area contributed by atoms with Crippen LogP contribution in [0.25, 0.3) is 0 Å². The molecular formula is C15H24. The van der Waals surface area contributed by atoms with Crippen LogP contribution in [-0.2, 0) is 0 Å². The quantitative estimate of drug-likeness (QED) is 0.575. The zero-order valence-electron chi connectivity index (χ0n) is 10.2. The van der Waals surface area contributed by atoms with Crippen LogP contribution in [0.3, 0.4) is 0 Å². The van der Waals surface area contributed by atoms with Crippen molar-refractivity contribution >= 4 is 0 Å². The van der Waals surface area contributed by atoms with Gasteiger partial charge in [0.25, 0.3) is 0 Å². The van der Waals surface area contributed by atoms with Gasteiger partial charge in [-0.2, -0.15) is 0 Å². The Morgan fingerprint density at radius 2 is 2.13 bits per heavy atom. The van der Waals surface area contributed by atoms with Gasteiger partial charge in [0.2, 0.25) is 0 Å². The van der Waals surface area contributed by atoms with Crippen molar-refractivity contribution in [1.82, 2.24) is 0 Å². The summed E-state index contributed by atoms with van der Waals surface area (Å²) in [5.74, 6) is 3.77. The molecule has 0 radical (unpaired) electrons. The first-order chi connectivity index (χ1) is 7.29. The van der Waals surface area contributed by atoms with Crippen LogP contribution in [0, 0.1) is 23.7 Å². The maximum absolute atomic E-state index is 2.48. The maximum atomic E-state index is 2.48. The Kier molecular flexibility index (Phi) is 3.66. The summed E-state index contributed by atoms with van der Waals surface area (Å²) >= 11 is 0. The predicted molar refractivity (Wildman–Crippen MR) is 66.7 cm³/mol. The molecule has 2 aliphatic rings. The molecule has 0 nitrogen and oxygen atoms in total. The molecule has 15 heavy (non-hydrogen) atoms. The van der Waals surface area contributed by atoms with Crippen LogP contribution in [0.2, 0.25) is 0 Å². The van der Waals surface area contributed by atoms with Crippen molar-refractivity contribution in [3.8, 4) is 0 Å². The third-order valence-corrected chi connectivity index (χ3v) is 4.06. The molecular weight excluding hydrogens is 180 g/mol. The van der Waals surface area contributed by atoms with E-state index in [1.54, 1.807) is 0 Å². The number of hydrogen-bond acceptors (Lipinski definition) is 0. The molecule has 0 aromatic heterocycles. The average Bonchev–Trinajstić information content (AvgIpc) is 2.79. The monoisotopic (exact) mass is 204 g/mol. The van der Waals surface area contributed by atoms with Crippen molar-refractivity contribution in [3.63, 3.8) is 0 Å². The molecule has 84 valence electrons. The van der Waals surface area contributed by atoms with Gasteiger partial charge < -0.3 is 0 Å². The second-order valence-corrected chi connectivity index (χ2v) is 5.50. The highest BCUT2D eigenvalue weighted by Gasteiger charge is 2.35. The Bertz CT molecular complexity index is 249. The summed E-state index contributed by atoms with van der Waals surface area (Å²) < 4.78 is 0. The maximum Gasteiger partial charge on any atom is -0.0199 e. The fraction of sp³-hybridized carbons (Fsp3) is 0.733. The third-order valence-electron chi connectivity index (χ3n) is 4.06. The molecule has 0 aliphatic heterocycles. The molecule has 0 N–H and O–H groups in total. The van der Waals surface area contributed by atoms with Crippen molar-refractivity contribution in [2.75, 3.05) is 0 Å². The van der Waals surface area contributed by atoms with Crippen LogP contribution in [0.5, 0.6) is 0 Å². The molecule has 2 bridgehead atoms. The molecule has 1 fully saturated rings. The first-order valence-electron chi connectivity index (χ1n) is 6.63. The minimum Gasteiger partial charge on any atom is -0.0888 e. The molecule has 2 aliphatic carbocycles. The normalized spacial score (nSPS) is 35.5. The molecule has 0 heterocycles. The highest BCUT2D eigenvalue weighted by Crippen LogP contribution is 2.46. The second-order valence-electron chi connectivity index (χ2n) is 5.50. The first-order valence-corrected chi connectivity index (χ1v) is 6.63. The molecule has 0 aromatic carbocycles. The van der Waals surface area contributed by atoms with Gasteiger partial charge in [-0.3, -0.25) is 0 Å². The molecule has 0 amide bonds. The molecule has 0 saturated heterocycles. The van der Waals surface area contributed by atoms with E-state index < -0.39 is 0 Å². The third kappa shape index (κ3) is 2.74. The lowest BCUT2D eigenvalue weighted by Crippen LogP contribution is -2.11. The van der Waals surface area contributed by atoms with Gasteiger partial charge in [-0.05, 0) is 55.8 Å². The molecule has 1 saturated carbocycles. The summed E-state index contributed by atoms with van der Waals surface area (Å²) in [6, 6.07) is 0. The number of rotatable bonds is 5. The summed E-state index contributed by atoms with van der Waals surface area (Å²) in [6.07, 6.45) is 16.4. The number of hydrogen-bond donors (Lipinski definition) is 0. The van der Waals surface area contributed by atoms with Gasteiger partial charge in [-0.25, -0.2) is 0 Å². The van der Waals surface area contributed by atoms with Gasteiger partial charge in [0.1, 0.15) is 0 Å². The Balaban J connectivity index is 1.73. The van der Waals surface area contributed by atoms with Crippen LogP contribution < -0.4 is 0 Å². The lowest BCUT2D eigenvalue weighted by molar-refractivity contribution is 0.346. The Labute approximate surface area is 94.5 Å². The van der Waals surface area contributed by atoms with E-state index in [1.807, 2.05) is 0 Å². The Hall–Kier alpha value is -0.520. The van der Waals surface area contributed by atoms with E-state index in [9.17, 15) is 0 Å². The van der Waals surface area contributed by atoms with E-state index >= 15 is 0 Å². The van der Waals surface area contributed by atoms with Gasteiger partial charge in [0.15, 0.2) is 0 Å². The molecule has 0 spiro atoms. The van der Waals surface area contributed by atoms with Crippen molar-refractivity contribution < 1.29 is 0 Å². The van der Waals surface area contributed by atoms with Gasteiger partial charge in [-0.15, -0.1) is 0 Å². The van der Waals surface area contributed by atoms with E-state index in [4.69, 9.17) is 0 Å². The summed E-state index contributed by atoms with van der Waals surface area (Å²) in [5, 5.41) is 0. The lowest BCUT2D eigenvalue weighted by Gasteiger charge is -2.21.